The minimum Gasteiger partial charge on any atom is -0.494 e. The number of aliphatic hydroxyl groups excluding tert-OH is 1. The third-order valence-corrected chi connectivity index (χ3v) is 5.68. The molecule has 166 valence electrons. The summed E-state index contributed by atoms with van der Waals surface area (Å²) in [6.07, 6.45) is 1.04. The van der Waals surface area contributed by atoms with Crippen molar-refractivity contribution in [1.29, 1.82) is 0 Å². The van der Waals surface area contributed by atoms with Gasteiger partial charge >= 0.3 is 0 Å². The van der Waals surface area contributed by atoms with Crippen LogP contribution in [0.5, 0.6) is 5.75 Å². The van der Waals surface area contributed by atoms with Gasteiger partial charge in [-0.15, -0.1) is 0 Å². The fraction of sp³-hybridized carbons (Fsp3) is 0.440. The zero-order valence-electron chi connectivity index (χ0n) is 18.0. The molecule has 1 aliphatic rings. The van der Waals surface area contributed by atoms with Crippen LogP contribution in [-0.4, -0.2) is 54.7 Å². The maximum atomic E-state index is 13.4. The highest BCUT2D eigenvalue weighted by atomic mass is 16.5. The topological polar surface area (TPSA) is 76.1 Å². The Bertz CT molecular complexity index is 824. The molecule has 31 heavy (non-hydrogen) atoms. The van der Waals surface area contributed by atoms with Crippen molar-refractivity contribution in [2.24, 2.45) is 5.92 Å². The molecule has 1 fully saturated rings. The second-order valence-corrected chi connectivity index (χ2v) is 7.74. The molecule has 1 aliphatic heterocycles. The molecule has 3 atom stereocenters. The minimum atomic E-state index is -1.31. The number of nitrogens with zero attached hydrogens (tertiary/aromatic N) is 1. The predicted molar refractivity (Wildman–Crippen MR) is 118 cm³/mol. The number of hydrogen-bond acceptors (Lipinski definition) is 5. The Labute approximate surface area is 183 Å². The molecule has 0 aromatic heterocycles. The van der Waals surface area contributed by atoms with Crippen LogP contribution in [0.15, 0.2) is 54.6 Å². The molecule has 0 aliphatic carbocycles. The van der Waals surface area contributed by atoms with Gasteiger partial charge in [-0.25, -0.2) is 0 Å². The number of carbonyl (C=O) groups is 2. The summed E-state index contributed by atoms with van der Waals surface area (Å²) >= 11 is 0. The van der Waals surface area contributed by atoms with Crippen molar-refractivity contribution in [1.82, 2.24) is 4.90 Å². The zero-order chi connectivity index (χ0) is 22.1. The molecule has 3 rings (SSSR count). The molecule has 1 saturated heterocycles. The largest absolute Gasteiger partial charge is 0.494 e. The lowest BCUT2D eigenvalue weighted by molar-refractivity contribution is -0.150. The fourth-order valence-electron chi connectivity index (χ4n) is 4.01. The van der Waals surface area contributed by atoms with E-state index < -0.39 is 12.0 Å². The molecule has 0 unspecified atom stereocenters. The Morgan fingerprint density at radius 2 is 1.97 bits per heavy atom. The second-order valence-electron chi connectivity index (χ2n) is 7.74. The molecule has 0 spiro atoms. The highest BCUT2D eigenvalue weighted by Crippen LogP contribution is 2.28. The Morgan fingerprint density at radius 1 is 1.23 bits per heavy atom. The maximum Gasteiger partial charge on any atom is 0.229 e. The van der Waals surface area contributed by atoms with E-state index in [1.54, 1.807) is 4.90 Å². The summed E-state index contributed by atoms with van der Waals surface area (Å²) in [5, 5.41) is 10.3. The lowest BCUT2D eigenvalue weighted by Crippen LogP contribution is -2.48. The second kappa shape index (κ2) is 11.6. The molecular formula is C25H31NO5. The van der Waals surface area contributed by atoms with Crippen molar-refractivity contribution in [3.05, 3.63) is 65.7 Å². The highest BCUT2D eigenvalue weighted by molar-refractivity contribution is 5.83. The van der Waals surface area contributed by atoms with Gasteiger partial charge in [0.25, 0.3) is 0 Å². The van der Waals surface area contributed by atoms with Gasteiger partial charge in [-0.05, 0) is 49.4 Å². The number of rotatable bonds is 10. The number of morpholine rings is 1. The minimum absolute atomic E-state index is 0.191. The van der Waals surface area contributed by atoms with E-state index in [9.17, 15) is 14.7 Å². The standard InChI is InChI=1S/C25H31NO5/c1-2-31-21-13-11-19(12-14-21)7-6-10-22(24(28)17-27)25(29)26-15-16-30-18-23(26)20-8-4-3-5-9-20/h3-5,8-9,11-14,17,22-24,28H,2,6-7,10,15-16,18H2,1H3/t22-,23-,24-/m1/s1. The van der Waals surface area contributed by atoms with Crippen LogP contribution in [-0.2, 0) is 20.7 Å². The predicted octanol–water partition coefficient (Wildman–Crippen LogP) is 3.18. The molecule has 6 heteroatoms. The van der Waals surface area contributed by atoms with Crippen LogP contribution < -0.4 is 4.74 Å². The van der Waals surface area contributed by atoms with Crippen LogP contribution in [0.3, 0.4) is 0 Å². The monoisotopic (exact) mass is 425 g/mol. The Hall–Kier alpha value is -2.70. The lowest BCUT2D eigenvalue weighted by Gasteiger charge is -2.38. The Balaban J connectivity index is 1.66. The number of amides is 1. The molecular weight excluding hydrogens is 394 g/mol. The van der Waals surface area contributed by atoms with Gasteiger partial charge in [0.15, 0.2) is 0 Å². The third-order valence-electron chi connectivity index (χ3n) is 5.68. The first-order valence-corrected chi connectivity index (χ1v) is 10.9. The first-order chi connectivity index (χ1) is 15.1. The summed E-state index contributed by atoms with van der Waals surface area (Å²) in [6.45, 7) is 3.87. The van der Waals surface area contributed by atoms with Gasteiger partial charge in [0.2, 0.25) is 5.91 Å². The van der Waals surface area contributed by atoms with E-state index in [2.05, 4.69) is 0 Å². The Kier molecular flexibility index (Phi) is 8.62. The average molecular weight is 426 g/mol. The average Bonchev–Trinajstić information content (AvgIpc) is 2.83. The van der Waals surface area contributed by atoms with Gasteiger partial charge in [0, 0.05) is 6.54 Å². The van der Waals surface area contributed by atoms with Crippen molar-refractivity contribution in [2.75, 3.05) is 26.4 Å². The maximum absolute atomic E-state index is 13.4. The normalized spacial score (nSPS) is 18.3. The first kappa shape index (κ1) is 23.0. The van der Waals surface area contributed by atoms with E-state index in [0.717, 1.165) is 23.3 Å². The first-order valence-electron chi connectivity index (χ1n) is 10.9. The molecule has 1 heterocycles. The van der Waals surface area contributed by atoms with Gasteiger partial charge in [0.1, 0.15) is 18.1 Å². The molecule has 2 aromatic rings. The van der Waals surface area contributed by atoms with Crippen molar-refractivity contribution >= 4 is 12.2 Å². The van der Waals surface area contributed by atoms with E-state index in [0.29, 0.717) is 45.5 Å². The van der Waals surface area contributed by atoms with E-state index in [4.69, 9.17) is 9.47 Å². The van der Waals surface area contributed by atoms with Crippen molar-refractivity contribution in [3.63, 3.8) is 0 Å². The molecule has 1 amide bonds. The molecule has 0 saturated carbocycles. The number of benzene rings is 2. The van der Waals surface area contributed by atoms with Gasteiger partial charge in [-0.3, -0.25) is 4.79 Å². The van der Waals surface area contributed by atoms with Crippen LogP contribution in [0.2, 0.25) is 0 Å². The van der Waals surface area contributed by atoms with Crippen LogP contribution in [0, 0.1) is 5.92 Å². The highest BCUT2D eigenvalue weighted by Gasteiger charge is 2.35. The van der Waals surface area contributed by atoms with Crippen LogP contribution in [0.4, 0.5) is 0 Å². The number of carbonyl (C=O) groups excluding carboxylic acids is 2. The number of aliphatic hydroxyl groups is 1. The summed E-state index contributed by atoms with van der Waals surface area (Å²) in [4.78, 5) is 26.5. The van der Waals surface area contributed by atoms with Crippen LogP contribution in [0.1, 0.15) is 36.9 Å². The van der Waals surface area contributed by atoms with Crippen molar-refractivity contribution in [3.8, 4) is 5.75 Å². The smallest absolute Gasteiger partial charge is 0.229 e. The molecule has 6 nitrogen and oxygen atoms in total. The summed E-state index contributed by atoms with van der Waals surface area (Å²) in [7, 11) is 0. The lowest BCUT2D eigenvalue weighted by atomic mass is 9.92. The molecule has 1 N–H and O–H groups in total. The van der Waals surface area contributed by atoms with E-state index in [1.165, 1.54) is 0 Å². The van der Waals surface area contributed by atoms with E-state index in [1.807, 2.05) is 61.5 Å². The summed E-state index contributed by atoms with van der Waals surface area (Å²) in [5.74, 6) is -0.122. The third kappa shape index (κ3) is 6.15. The van der Waals surface area contributed by atoms with E-state index in [-0.39, 0.29) is 11.9 Å². The molecule has 0 bridgehead atoms. The number of hydrogen-bond donors (Lipinski definition) is 1. The molecule has 0 radical (unpaired) electrons. The van der Waals surface area contributed by atoms with Crippen LogP contribution >= 0.6 is 0 Å². The van der Waals surface area contributed by atoms with E-state index >= 15 is 0 Å². The van der Waals surface area contributed by atoms with Gasteiger partial charge < -0.3 is 24.3 Å². The number of aryl methyl sites for hydroxylation is 1. The van der Waals surface area contributed by atoms with Crippen molar-refractivity contribution < 1.29 is 24.2 Å². The van der Waals surface area contributed by atoms with Crippen LogP contribution in [0.25, 0.3) is 0 Å². The molecule has 2 aromatic carbocycles. The van der Waals surface area contributed by atoms with Gasteiger partial charge in [0.05, 0.1) is 31.8 Å². The number of ether oxygens (including phenoxy) is 2. The van der Waals surface area contributed by atoms with Crippen molar-refractivity contribution in [2.45, 2.75) is 38.3 Å². The summed E-state index contributed by atoms with van der Waals surface area (Å²) in [6, 6.07) is 17.4. The summed E-state index contributed by atoms with van der Waals surface area (Å²) < 4.78 is 11.1. The number of aldehydes is 1. The summed E-state index contributed by atoms with van der Waals surface area (Å²) in [5.41, 5.74) is 2.12. The SMILES string of the molecule is CCOc1ccc(CCC[C@@H](C(=O)N2CCOC[C@@H]2c2ccccc2)[C@H](O)C=O)cc1. The fourth-order valence-corrected chi connectivity index (χ4v) is 4.01. The Morgan fingerprint density at radius 3 is 2.65 bits per heavy atom. The quantitative estimate of drug-likeness (QED) is 0.592. The van der Waals surface area contributed by atoms with Gasteiger partial charge in [-0.1, -0.05) is 42.5 Å². The van der Waals surface area contributed by atoms with Gasteiger partial charge in [-0.2, -0.15) is 0 Å². The zero-order valence-corrected chi connectivity index (χ0v) is 18.0.